The topological polar surface area (TPSA) is 44.9 Å². The summed E-state index contributed by atoms with van der Waals surface area (Å²) < 4.78 is 0. The van der Waals surface area contributed by atoms with Gasteiger partial charge in [-0.15, -0.1) is 0 Å². The lowest BCUT2D eigenvalue weighted by Crippen LogP contribution is -2.58. The maximum atomic E-state index is 5.81. The first-order valence-corrected chi connectivity index (χ1v) is 7.28. The fourth-order valence-electron chi connectivity index (χ4n) is 4.15. The van der Waals surface area contributed by atoms with Gasteiger partial charge in [0.25, 0.3) is 0 Å². The molecule has 18 heavy (non-hydrogen) atoms. The lowest BCUT2D eigenvalue weighted by Gasteiger charge is -2.41. The number of hydrogen-bond acceptors (Lipinski definition) is 4. The Kier molecular flexibility index (Phi) is 2.40. The van der Waals surface area contributed by atoms with Crippen LogP contribution in [0.4, 0.5) is 0 Å². The molecule has 0 aromatic carbocycles. The zero-order valence-electron chi connectivity index (χ0n) is 10.8. The van der Waals surface area contributed by atoms with Gasteiger partial charge >= 0.3 is 0 Å². The summed E-state index contributed by atoms with van der Waals surface area (Å²) >= 11 is 0. The molecule has 0 amide bonds. The van der Waals surface area contributed by atoms with Gasteiger partial charge in [-0.2, -0.15) is 0 Å². The normalized spacial score (nSPS) is 39.2. The molecule has 2 bridgehead atoms. The molecule has 0 aromatic heterocycles. The Balaban J connectivity index is 1.39. The molecule has 3 unspecified atom stereocenters. The molecule has 0 radical (unpaired) electrons. The molecule has 1 saturated heterocycles. The number of hydrogen-bond donors (Lipinski definition) is 1. The van der Waals surface area contributed by atoms with Gasteiger partial charge in [-0.1, -0.05) is 6.42 Å². The zero-order chi connectivity index (χ0) is 12.1. The van der Waals surface area contributed by atoms with Gasteiger partial charge in [0.2, 0.25) is 0 Å². The highest BCUT2D eigenvalue weighted by atomic mass is 15.3. The number of aliphatic imine (C=N–C) groups is 1. The summed E-state index contributed by atoms with van der Waals surface area (Å²) in [7, 11) is 0. The maximum absolute atomic E-state index is 5.81. The molecule has 2 aliphatic carbocycles. The van der Waals surface area contributed by atoms with Crippen molar-refractivity contribution in [2.75, 3.05) is 19.8 Å². The van der Waals surface area contributed by atoms with E-state index in [0.29, 0.717) is 6.04 Å². The molecule has 2 aliphatic heterocycles. The van der Waals surface area contributed by atoms with Gasteiger partial charge < -0.3 is 15.5 Å². The third-order valence-corrected chi connectivity index (χ3v) is 5.17. The van der Waals surface area contributed by atoms with Gasteiger partial charge in [-0.05, 0) is 37.2 Å². The largest absolute Gasteiger partial charge is 0.355 e. The van der Waals surface area contributed by atoms with Crippen molar-refractivity contribution in [2.45, 2.75) is 37.8 Å². The van der Waals surface area contributed by atoms with Crippen LogP contribution in [0.5, 0.6) is 0 Å². The van der Waals surface area contributed by atoms with Crippen molar-refractivity contribution in [1.82, 2.24) is 9.80 Å². The summed E-state index contributed by atoms with van der Waals surface area (Å²) in [4.78, 5) is 9.46. The second kappa shape index (κ2) is 3.98. The van der Waals surface area contributed by atoms with Gasteiger partial charge in [0, 0.05) is 31.4 Å². The summed E-state index contributed by atoms with van der Waals surface area (Å²) in [6.45, 7) is 2.79. The molecule has 98 valence electrons. The SMILES string of the molecule is NC1CN(C2=NCN(C3CC4CCC3C4)C=C2)C1. The second-order valence-corrected chi connectivity index (χ2v) is 6.39. The number of amidine groups is 1. The molecule has 4 rings (SSSR count). The first-order valence-electron chi connectivity index (χ1n) is 7.28. The van der Waals surface area contributed by atoms with Crippen LogP contribution in [0.1, 0.15) is 25.7 Å². The first kappa shape index (κ1) is 10.9. The Morgan fingerprint density at radius 2 is 2.11 bits per heavy atom. The number of nitrogens with zero attached hydrogens (tertiary/aromatic N) is 3. The van der Waals surface area contributed by atoms with Crippen molar-refractivity contribution >= 4 is 5.84 Å². The van der Waals surface area contributed by atoms with Crippen molar-refractivity contribution in [3.63, 3.8) is 0 Å². The van der Waals surface area contributed by atoms with E-state index in [1.54, 1.807) is 0 Å². The lowest BCUT2D eigenvalue weighted by molar-refractivity contribution is 0.198. The highest BCUT2D eigenvalue weighted by molar-refractivity contribution is 5.94. The third kappa shape index (κ3) is 1.66. The van der Waals surface area contributed by atoms with Crippen LogP contribution >= 0.6 is 0 Å². The highest BCUT2D eigenvalue weighted by Gasteiger charge is 2.42. The third-order valence-electron chi connectivity index (χ3n) is 5.17. The Labute approximate surface area is 109 Å². The average Bonchev–Trinajstić information content (AvgIpc) is 2.97. The summed E-state index contributed by atoms with van der Waals surface area (Å²) in [5.74, 6) is 3.08. The fourth-order valence-corrected chi connectivity index (χ4v) is 4.15. The molecule has 4 aliphatic rings. The van der Waals surface area contributed by atoms with Crippen molar-refractivity contribution in [3.8, 4) is 0 Å². The summed E-state index contributed by atoms with van der Waals surface area (Å²) in [5.41, 5.74) is 5.81. The van der Waals surface area contributed by atoms with Crippen LogP contribution in [0.3, 0.4) is 0 Å². The molecule has 3 atom stereocenters. The molecular weight excluding hydrogens is 224 g/mol. The number of nitrogens with two attached hydrogens (primary N) is 1. The van der Waals surface area contributed by atoms with Crippen molar-refractivity contribution in [1.29, 1.82) is 0 Å². The standard InChI is InChI=1S/C14H22N4/c15-12-7-18(8-12)14-3-4-17(9-16-14)13-6-10-1-2-11(13)5-10/h3-4,10-13H,1-2,5-9,15H2. The van der Waals surface area contributed by atoms with Crippen LogP contribution < -0.4 is 5.73 Å². The second-order valence-electron chi connectivity index (χ2n) is 6.39. The van der Waals surface area contributed by atoms with Crippen LogP contribution in [-0.4, -0.2) is 47.5 Å². The number of likely N-dealkylation sites (tertiary alicyclic amines) is 1. The molecular formula is C14H22N4. The van der Waals surface area contributed by atoms with Crippen molar-refractivity contribution in [2.24, 2.45) is 22.6 Å². The highest BCUT2D eigenvalue weighted by Crippen LogP contribution is 2.46. The Morgan fingerprint density at radius 3 is 2.67 bits per heavy atom. The molecule has 2 heterocycles. The molecule has 2 N–H and O–H groups in total. The van der Waals surface area contributed by atoms with Gasteiger partial charge in [-0.25, -0.2) is 4.99 Å². The van der Waals surface area contributed by atoms with Gasteiger partial charge in [0.1, 0.15) is 12.5 Å². The van der Waals surface area contributed by atoms with E-state index in [1.807, 2.05) is 0 Å². The predicted octanol–water partition coefficient (Wildman–Crippen LogP) is 1.00. The fraction of sp³-hybridized carbons (Fsp3) is 0.786. The quantitative estimate of drug-likeness (QED) is 0.751. The van der Waals surface area contributed by atoms with Crippen molar-refractivity contribution in [3.05, 3.63) is 12.3 Å². The first-order chi connectivity index (χ1) is 8.79. The van der Waals surface area contributed by atoms with E-state index in [0.717, 1.165) is 43.5 Å². The number of fused-ring (bicyclic) bond motifs is 2. The van der Waals surface area contributed by atoms with E-state index in [9.17, 15) is 0 Å². The number of rotatable bonds is 1. The van der Waals surface area contributed by atoms with Crippen LogP contribution in [0, 0.1) is 11.8 Å². The molecule has 4 heteroatoms. The Bertz CT molecular complexity index is 397. The van der Waals surface area contributed by atoms with Gasteiger partial charge in [-0.3, -0.25) is 0 Å². The maximum Gasteiger partial charge on any atom is 0.127 e. The predicted molar refractivity (Wildman–Crippen MR) is 72.1 cm³/mol. The Morgan fingerprint density at radius 1 is 1.22 bits per heavy atom. The van der Waals surface area contributed by atoms with Gasteiger partial charge in [0.05, 0.1) is 0 Å². The monoisotopic (exact) mass is 246 g/mol. The van der Waals surface area contributed by atoms with E-state index in [1.165, 1.54) is 25.7 Å². The molecule has 2 saturated carbocycles. The lowest BCUT2D eigenvalue weighted by atomic mass is 9.94. The summed E-state index contributed by atoms with van der Waals surface area (Å²) in [6.07, 6.45) is 10.2. The minimum atomic E-state index is 0.352. The van der Waals surface area contributed by atoms with Crippen molar-refractivity contribution < 1.29 is 0 Å². The Hall–Kier alpha value is -1.03. The minimum Gasteiger partial charge on any atom is -0.355 e. The smallest absolute Gasteiger partial charge is 0.127 e. The van der Waals surface area contributed by atoms with E-state index < -0.39 is 0 Å². The van der Waals surface area contributed by atoms with E-state index in [2.05, 4.69) is 22.1 Å². The molecule has 0 aromatic rings. The van der Waals surface area contributed by atoms with Crippen LogP contribution in [0.2, 0.25) is 0 Å². The van der Waals surface area contributed by atoms with E-state index in [4.69, 9.17) is 10.7 Å². The zero-order valence-corrected chi connectivity index (χ0v) is 10.8. The van der Waals surface area contributed by atoms with Crippen LogP contribution in [0.15, 0.2) is 17.3 Å². The van der Waals surface area contributed by atoms with Crippen LogP contribution in [0.25, 0.3) is 0 Å². The molecule has 4 nitrogen and oxygen atoms in total. The molecule has 3 fully saturated rings. The van der Waals surface area contributed by atoms with E-state index in [-0.39, 0.29) is 0 Å². The van der Waals surface area contributed by atoms with Crippen LogP contribution in [-0.2, 0) is 0 Å². The summed E-state index contributed by atoms with van der Waals surface area (Å²) in [6, 6.07) is 1.12. The van der Waals surface area contributed by atoms with Gasteiger partial charge in [0.15, 0.2) is 0 Å². The molecule has 0 spiro atoms. The average molecular weight is 246 g/mol. The van der Waals surface area contributed by atoms with E-state index >= 15 is 0 Å². The summed E-state index contributed by atoms with van der Waals surface area (Å²) in [5, 5.41) is 0. The minimum absolute atomic E-state index is 0.352.